The Morgan fingerprint density at radius 3 is 2.37 bits per heavy atom. The first-order chi connectivity index (χ1) is 8.74. The SMILES string of the molecule is CC(CC(C)(NC1CC1)C(N)=O)N(C)CCN(C)C. The third kappa shape index (κ3) is 5.47. The summed E-state index contributed by atoms with van der Waals surface area (Å²) in [6.07, 6.45) is 3.07. The molecule has 1 saturated carbocycles. The molecule has 1 amide bonds. The minimum atomic E-state index is -0.590. The Morgan fingerprint density at radius 1 is 1.37 bits per heavy atom. The van der Waals surface area contributed by atoms with Crippen LogP contribution >= 0.6 is 0 Å². The molecular formula is C14H30N4O. The summed E-state index contributed by atoms with van der Waals surface area (Å²) in [5, 5.41) is 3.41. The normalized spacial score (nSPS) is 20.6. The van der Waals surface area contributed by atoms with E-state index >= 15 is 0 Å². The van der Waals surface area contributed by atoms with Gasteiger partial charge in [0.1, 0.15) is 0 Å². The lowest BCUT2D eigenvalue weighted by molar-refractivity contribution is -0.124. The zero-order valence-electron chi connectivity index (χ0n) is 13.1. The highest BCUT2D eigenvalue weighted by Gasteiger charge is 2.38. The summed E-state index contributed by atoms with van der Waals surface area (Å²) in [5.41, 5.74) is 5.00. The fraction of sp³-hybridized carbons (Fsp3) is 0.929. The molecule has 5 heteroatoms. The van der Waals surface area contributed by atoms with Gasteiger partial charge in [-0.2, -0.15) is 0 Å². The summed E-state index contributed by atoms with van der Waals surface area (Å²) in [4.78, 5) is 16.2. The lowest BCUT2D eigenvalue weighted by atomic mass is 9.92. The molecule has 0 heterocycles. The maximum absolute atomic E-state index is 11.7. The number of nitrogens with two attached hydrogens (primary N) is 1. The Labute approximate surface area is 117 Å². The summed E-state index contributed by atoms with van der Waals surface area (Å²) in [6, 6.07) is 0.806. The Morgan fingerprint density at radius 2 is 1.95 bits per heavy atom. The number of rotatable bonds is 9. The van der Waals surface area contributed by atoms with Crippen LogP contribution in [0.25, 0.3) is 0 Å². The Bertz CT molecular complexity index is 304. The van der Waals surface area contributed by atoms with Crippen LogP contribution in [0, 0.1) is 0 Å². The molecule has 0 aromatic carbocycles. The minimum Gasteiger partial charge on any atom is -0.368 e. The van der Waals surface area contributed by atoms with E-state index in [4.69, 9.17) is 5.73 Å². The predicted molar refractivity (Wildman–Crippen MR) is 79.0 cm³/mol. The molecule has 1 aliphatic carbocycles. The quantitative estimate of drug-likeness (QED) is 0.631. The van der Waals surface area contributed by atoms with Crippen molar-refractivity contribution in [2.24, 2.45) is 5.73 Å². The van der Waals surface area contributed by atoms with Gasteiger partial charge < -0.3 is 20.9 Å². The van der Waals surface area contributed by atoms with Gasteiger partial charge >= 0.3 is 0 Å². The van der Waals surface area contributed by atoms with Gasteiger partial charge in [0.05, 0.1) is 5.54 Å². The highest BCUT2D eigenvalue weighted by molar-refractivity contribution is 5.84. The molecule has 19 heavy (non-hydrogen) atoms. The van der Waals surface area contributed by atoms with Gasteiger partial charge in [0.2, 0.25) is 5.91 Å². The van der Waals surface area contributed by atoms with Gasteiger partial charge in [-0.05, 0) is 54.3 Å². The second kappa shape index (κ2) is 6.68. The molecule has 2 unspecified atom stereocenters. The van der Waals surface area contributed by atoms with Crippen molar-refractivity contribution in [3.05, 3.63) is 0 Å². The average Bonchev–Trinajstić information content (AvgIpc) is 3.08. The number of primary amides is 1. The van der Waals surface area contributed by atoms with E-state index in [1.165, 1.54) is 0 Å². The molecule has 0 bridgehead atoms. The van der Waals surface area contributed by atoms with E-state index in [0.29, 0.717) is 12.1 Å². The first-order valence-electron chi connectivity index (χ1n) is 7.17. The van der Waals surface area contributed by atoms with Crippen molar-refractivity contribution in [1.82, 2.24) is 15.1 Å². The number of likely N-dealkylation sites (N-methyl/N-ethyl adjacent to an activating group) is 2. The molecule has 1 aliphatic rings. The molecule has 1 fully saturated rings. The summed E-state index contributed by atoms with van der Waals surface area (Å²) >= 11 is 0. The van der Waals surface area contributed by atoms with Crippen LogP contribution in [0.5, 0.6) is 0 Å². The summed E-state index contributed by atoms with van der Waals surface area (Å²) < 4.78 is 0. The lowest BCUT2D eigenvalue weighted by Gasteiger charge is -2.34. The molecule has 2 atom stereocenters. The number of carbonyl (C=O) groups excluding carboxylic acids is 1. The molecule has 1 rings (SSSR count). The fourth-order valence-corrected chi connectivity index (χ4v) is 2.23. The van der Waals surface area contributed by atoms with Gasteiger partial charge in [0.15, 0.2) is 0 Å². The summed E-state index contributed by atoms with van der Waals surface area (Å²) in [5.74, 6) is -0.243. The van der Waals surface area contributed by atoms with Gasteiger partial charge in [-0.25, -0.2) is 0 Å². The third-order valence-corrected chi connectivity index (χ3v) is 4.00. The Balaban J connectivity index is 2.49. The van der Waals surface area contributed by atoms with Gasteiger partial charge in [0.25, 0.3) is 0 Å². The zero-order chi connectivity index (χ0) is 14.6. The summed E-state index contributed by atoms with van der Waals surface area (Å²) in [7, 11) is 6.24. The molecule has 0 radical (unpaired) electrons. The lowest BCUT2D eigenvalue weighted by Crippen LogP contribution is -2.57. The van der Waals surface area contributed by atoms with E-state index in [2.05, 4.69) is 43.2 Å². The van der Waals surface area contributed by atoms with Crippen LogP contribution in [0.4, 0.5) is 0 Å². The molecule has 112 valence electrons. The van der Waals surface area contributed by atoms with E-state index < -0.39 is 5.54 Å². The number of hydrogen-bond donors (Lipinski definition) is 2. The number of nitrogens with one attached hydrogen (secondary N) is 1. The average molecular weight is 270 g/mol. The summed E-state index contributed by atoms with van der Waals surface area (Å²) in [6.45, 7) is 6.10. The smallest absolute Gasteiger partial charge is 0.237 e. The van der Waals surface area contributed by atoms with Crippen LogP contribution in [0.15, 0.2) is 0 Å². The van der Waals surface area contributed by atoms with Crippen LogP contribution in [0.1, 0.15) is 33.1 Å². The van der Waals surface area contributed by atoms with Crippen molar-refractivity contribution < 1.29 is 4.79 Å². The second-order valence-electron chi connectivity index (χ2n) is 6.45. The first-order valence-corrected chi connectivity index (χ1v) is 7.17. The van der Waals surface area contributed by atoms with E-state index in [1.54, 1.807) is 0 Å². The van der Waals surface area contributed by atoms with Crippen LogP contribution < -0.4 is 11.1 Å². The first kappa shape index (κ1) is 16.4. The standard InChI is InChI=1S/C14H30N4O/c1-11(18(5)9-8-17(3)4)10-14(2,13(15)19)16-12-6-7-12/h11-12,16H,6-10H2,1-5H3,(H2,15,19). The van der Waals surface area contributed by atoms with Gasteiger partial charge in [-0.15, -0.1) is 0 Å². The van der Waals surface area contributed by atoms with Crippen molar-refractivity contribution >= 4 is 5.91 Å². The van der Waals surface area contributed by atoms with E-state index in [0.717, 1.165) is 32.4 Å². The van der Waals surface area contributed by atoms with Crippen molar-refractivity contribution in [3.63, 3.8) is 0 Å². The van der Waals surface area contributed by atoms with E-state index in [-0.39, 0.29) is 5.91 Å². The van der Waals surface area contributed by atoms with E-state index in [1.807, 2.05) is 6.92 Å². The fourth-order valence-electron chi connectivity index (χ4n) is 2.23. The van der Waals surface area contributed by atoms with Crippen molar-refractivity contribution in [2.45, 2.75) is 50.7 Å². The minimum absolute atomic E-state index is 0.243. The van der Waals surface area contributed by atoms with Crippen LogP contribution in [-0.2, 0) is 4.79 Å². The van der Waals surface area contributed by atoms with Crippen molar-refractivity contribution in [2.75, 3.05) is 34.2 Å². The molecule has 0 aromatic heterocycles. The molecule has 5 nitrogen and oxygen atoms in total. The van der Waals surface area contributed by atoms with Gasteiger partial charge in [0, 0.05) is 25.2 Å². The Hall–Kier alpha value is -0.650. The number of nitrogens with zero attached hydrogens (tertiary/aromatic N) is 2. The number of hydrogen-bond acceptors (Lipinski definition) is 4. The van der Waals surface area contributed by atoms with Crippen LogP contribution in [0.3, 0.4) is 0 Å². The monoisotopic (exact) mass is 270 g/mol. The van der Waals surface area contributed by atoms with Gasteiger partial charge in [-0.1, -0.05) is 0 Å². The van der Waals surface area contributed by atoms with Gasteiger partial charge in [-0.3, -0.25) is 4.79 Å². The number of carbonyl (C=O) groups is 1. The Kier molecular flexibility index (Phi) is 5.77. The molecular weight excluding hydrogens is 240 g/mol. The van der Waals surface area contributed by atoms with Crippen LogP contribution in [0.2, 0.25) is 0 Å². The van der Waals surface area contributed by atoms with E-state index in [9.17, 15) is 4.79 Å². The molecule has 0 aliphatic heterocycles. The van der Waals surface area contributed by atoms with Crippen LogP contribution in [-0.4, -0.2) is 67.6 Å². The predicted octanol–water partition coefficient (Wildman–Crippen LogP) is 0.254. The third-order valence-electron chi connectivity index (χ3n) is 4.00. The maximum Gasteiger partial charge on any atom is 0.237 e. The highest BCUT2D eigenvalue weighted by atomic mass is 16.1. The molecule has 0 saturated heterocycles. The second-order valence-corrected chi connectivity index (χ2v) is 6.45. The van der Waals surface area contributed by atoms with Crippen molar-refractivity contribution in [3.8, 4) is 0 Å². The topological polar surface area (TPSA) is 61.6 Å². The van der Waals surface area contributed by atoms with Crippen molar-refractivity contribution in [1.29, 1.82) is 0 Å². The molecule has 0 spiro atoms. The maximum atomic E-state index is 11.7. The molecule has 3 N–H and O–H groups in total. The number of amides is 1. The zero-order valence-corrected chi connectivity index (χ0v) is 13.1. The highest BCUT2D eigenvalue weighted by Crippen LogP contribution is 2.25. The molecule has 0 aromatic rings. The largest absolute Gasteiger partial charge is 0.368 e.